The van der Waals surface area contributed by atoms with Gasteiger partial charge in [-0.2, -0.15) is 0 Å². The highest BCUT2D eigenvalue weighted by Gasteiger charge is 2.22. The van der Waals surface area contributed by atoms with Gasteiger partial charge in [-0.1, -0.05) is 6.42 Å². The first-order valence-electron chi connectivity index (χ1n) is 3.61. The summed E-state index contributed by atoms with van der Waals surface area (Å²) < 4.78 is 1.32. The van der Waals surface area contributed by atoms with Crippen molar-refractivity contribution in [1.82, 2.24) is 0 Å². The molecule has 1 heterocycles. The molecule has 10 heavy (non-hydrogen) atoms. The standard InChI is InChI=1S/C8H9BrS/c9-7-4-5-10-8(7)6-2-1-3-6/h4-6H,1-3H2. The van der Waals surface area contributed by atoms with E-state index in [9.17, 15) is 0 Å². The Morgan fingerprint density at radius 1 is 1.50 bits per heavy atom. The molecule has 0 spiro atoms. The highest BCUT2D eigenvalue weighted by Crippen LogP contribution is 2.42. The third-order valence-corrected chi connectivity index (χ3v) is 4.15. The molecule has 2 rings (SSSR count). The molecule has 0 bridgehead atoms. The summed E-state index contributed by atoms with van der Waals surface area (Å²) in [4.78, 5) is 1.56. The lowest BCUT2D eigenvalue weighted by molar-refractivity contribution is 0.424. The Hall–Kier alpha value is 0.180. The molecule has 1 aromatic heterocycles. The predicted molar refractivity (Wildman–Crippen MR) is 48.6 cm³/mol. The number of thiophene rings is 1. The monoisotopic (exact) mass is 216 g/mol. The average Bonchev–Trinajstić information content (AvgIpc) is 2.12. The van der Waals surface area contributed by atoms with Gasteiger partial charge in [0.05, 0.1) is 0 Å². The maximum absolute atomic E-state index is 3.55. The largest absolute Gasteiger partial charge is 0.147 e. The molecule has 0 aromatic carbocycles. The van der Waals surface area contributed by atoms with Gasteiger partial charge in [0.25, 0.3) is 0 Å². The quantitative estimate of drug-likeness (QED) is 0.671. The van der Waals surface area contributed by atoms with Crippen LogP contribution in [-0.4, -0.2) is 0 Å². The minimum atomic E-state index is 0.884. The second kappa shape index (κ2) is 2.67. The first-order chi connectivity index (χ1) is 4.88. The van der Waals surface area contributed by atoms with Crippen LogP contribution in [0.5, 0.6) is 0 Å². The Labute approximate surface area is 73.4 Å². The van der Waals surface area contributed by atoms with E-state index in [1.54, 1.807) is 4.88 Å². The van der Waals surface area contributed by atoms with Gasteiger partial charge in [-0.15, -0.1) is 11.3 Å². The fourth-order valence-electron chi connectivity index (χ4n) is 1.27. The van der Waals surface area contributed by atoms with Gasteiger partial charge in [0.15, 0.2) is 0 Å². The molecule has 2 heteroatoms. The van der Waals surface area contributed by atoms with Crippen LogP contribution in [-0.2, 0) is 0 Å². The normalized spacial score (nSPS) is 18.9. The van der Waals surface area contributed by atoms with E-state index in [1.165, 1.54) is 23.7 Å². The topological polar surface area (TPSA) is 0 Å². The van der Waals surface area contributed by atoms with Crippen molar-refractivity contribution in [3.8, 4) is 0 Å². The van der Waals surface area contributed by atoms with E-state index < -0.39 is 0 Å². The number of hydrogen-bond acceptors (Lipinski definition) is 1. The highest BCUT2D eigenvalue weighted by molar-refractivity contribution is 9.10. The van der Waals surface area contributed by atoms with Crippen LogP contribution in [0.25, 0.3) is 0 Å². The molecule has 0 nitrogen and oxygen atoms in total. The molecule has 1 aliphatic carbocycles. The Morgan fingerprint density at radius 3 is 2.70 bits per heavy atom. The van der Waals surface area contributed by atoms with E-state index in [-0.39, 0.29) is 0 Å². The van der Waals surface area contributed by atoms with E-state index >= 15 is 0 Å². The van der Waals surface area contributed by atoms with Crippen LogP contribution < -0.4 is 0 Å². The van der Waals surface area contributed by atoms with Crippen LogP contribution in [0.4, 0.5) is 0 Å². The number of hydrogen-bond donors (Lipinski definition) is 0. The molecule has 1 aromatic rings. The summed E-state index contributed by atoms with van der Waals surface area (Å²) >= 11 is 5.44. The van der Waals surface area contributed by atoms with Crippen molar-refractivity contribution in [2.24, 2.45) is 0 Å². The van der Waals surface area contributed by atoms with Crippen LogP contribution in [0, 0.1) is 0 Å². The Bertz CT molecular complexity index is 225. The third kappa shape index (κ3) is 1.04. The first kappa shape index (κ1) is 6.86. The molecule has 1 saturated carbocycles. The van der Waals surface area contributed by atoms with Crippen molar-refractivity contribution in [3.05, 3.63) is 20.8 Å². The van der Waals surface area contributed by atoms with Crippen molar-refractivity contribution in [3.63, 3.8) is 0 Å². The van der Waals surface area contributed by atoms with E-state index in [2.05, 4.69) is 27.4 Å². The zero-order chi connectivity index (χ0) is 6.97. The van der Waals surface area contributed by atoms with Gasteiger partial charge in [0.1, 0.15) is 0 Å². The molecule has 0 atom stereocenters. The number of halogens is 1. The number of rotatable bonds is 1. The molecule has 0 aliphatic heterocycles. The zero-order valence-electron chi connectivity index (χ0n) is 5.64. The summed E-state index contributed by atoms with van der Waals surface area (Å²) in [6.07, 6.45) is 4.23. The summed E-state index contributed by atoms with van der Waals surface area (Å²) in [5.74, 6) is 0.884. The first-order valence-corrected chi connectivity index (χ1v) is 5.28. The summed E-state index contributed by atoms with van der Waals surface area (Å²) in [7, 11) is 0. The molecule has 0 radical (unpaired) electrons. The molecule has 0 unspecified atom stereocenters. The second-order valence-electron chi connectivity index (χ2n) is 2.76. The second-order valence-corrected chi connectivity index (χ2v) is 4.56. The van der Waals surface area contributed by atoms with Crippen molar-refractivity contribution in [2.45, 2.75) is 25.2 Å². The lowest BCUT2D eigenvalue weighted by atomic mass is 9.84. The van der Waals surface area contributed by atoms with E-state index in [0.717, 1.165) is 5.92 Å². The third-order valence-electron chi connectivity index (χ3n) is 2.12. The fraction of sp³-hybridized carbons (Fsp3) is 0.500. The summed E-state index contributed by atoms with van der Waals surface area (Å²) in [6, 6.07) is 2.15. The van der Waals surface area contributed by atoms with Gasteiger partial charge in [-0.25, -0.2) is 0 Å². The van der Waals surface area contributed by atoms with Gasteiger partial charge in [-0.3, -0.25) is 0 Å². The van der Waals surface area contributed by atoms with Gasteiger partial charge in [-0.05, 0) is 46.1 Å². The van der Waals surface area contributed by atoms with Crippen LogP contribution >= 0.6 is 27.3 Å². The molecule has 0 amide bonds. The molecule has 1 fully saturated rings. The average molecular weight is 217 g/mol. The Morgan fingerprint density at radius 2 is 2.30 bits per heavy atom. The molecular weight excluding hydrogens is 208 g/mol. The van der Waals surface area contributed by atoms with Crippen LogP contribution in [0.2, 0.25) is 0 Å². The Kier molecular flexibility index (Phi) is 1.83. The summed E-state index contributed by atoms with van der Waals surface area (Å²) in [5.41, 5.74) is 0. The fourth-order valence-corrected chi connectivity index (χ4v) is 3.14. The molecule has 54 valence electrons. The van der Waals surface area contributed by atoms with Gasteiger partial charge >= 0.3 is 0 Å². The molecule has 1 aliphatic rings. The lowest BCUT2D eigenvalue weighted by Crippen LogP contribution is -2.06. The van der Waals surface area contributed by atoms with E-state index in [0.29, 0.717) is 0 Å². The molecular formula is C8H9BrS. The van der Waals surface area contributed by atoms with E-state index in [1.807, 2.05) is 11.3 Å². The zero-order valence-corrected chi connectivity index (χ0v) is 8.04. The Balaban J connectivity index is 2.23. The smallest absolute Gasteiger partial charge is 0.0317 e. The van der Waals surface area contributed by atoms with Gasteiger partial charge in [0, 0.05) is 9.35 Å². The van der Waals surface area contributed by atoms with Crippen LogP contribution in [0.3, 0.4) is 0 Å². The van der Waals surface area contributed by atoms with Crippen molar-refractivity contribution in [1.29, 1.82) is 0 Å². The molecule has 0 saturated heterocycles. The highest BCUT2D eigenvalue weighted by atomic mass is 79.9. The minimum absolute atomic E-state index is 0.884. The van der Waals surface area contributed by atoms with Gasteiger partial charge in [0.2, 0.25) is 0 Å². The van der Waals surface area contributed by atoms with E-state index in [4.69, 9.17) is 0 Å². The van der Waals surface area contributed by atoms with Crippen LogP contribution in [0.15, 0.2) is 15.9 Å². The molecule has 0 N–H and O–H groups in total. The maximum Gasteiger partial charge on any atom is 0.0317 e. The minimum Gasteiger partial charge on any atom is -0.147 e. The van der Waals surface area contributed by atoms with Crippen LogP contribution in [0.1, 0.15) is 30.1 Å². The maximum atomic E-state index is 3.55. The lowest BCUT2D eigenvalue weighted by Gasteiger charge is -2.24. The predicted octanol–water partition coefficient (Wildman–Crippen LogP) is 3.78. The van der Waals surface area contributed by atoms with Crippen molar-refractivity contribution >= 4 is 27.3 Å². The summed E-state index contributed by atoms with van der Waals surface area (Å²) in [5, 5.41) is 2.16. The van der Waals surface area contributed by atoms with Crippen molar-refractivity contribution in [2.75, 3.05) is 0 Å². The van der Waals surface area contributed by atoms with Gasteiger partial charge < -0.3 is 0 Å². The summed E-state index contributed by atoms with van der Waals surface area (Å²) in [6.45, 7) is 0. The SMILES string of the molecule is Brc1ccsc1C1CCC1. The van der Waals surface area contributed by atoms with Crippen molar-refractivity contribution < 1.29 is 0 Å².